The van der Waals surface area contributed by atoms with Crippen LogP contribution in [-0.4, -0.2) is 35.4 Å². The lowest BCUT2D eigenvalue weighted by molar-refractivity contribution is -0.202. The summed E-state index contributed by atoms with van der Waals surface area (Å²) in [5.41, 5.74) is 0.115. The number of ether oxygens (including phenoxy) is 1. The first kappa shape index (κ1) is 21.9. The number of aliphatic hydroxyl groups is 1. The van der Waals surface area contributed by atoms with Gasteiger partial charge in [-0.3, -0.25) is 5.32 Å². The predicted molar refractivity (Wildman–Crippen MR) is 105 cm³/mol. The van der Waals surface area contributed by atoms with E-state index < -0.39 is 29.8 Å². The molecule has 0 bridgehead atoms. The summed E-state index contributed by atoms with van der Waals surface area (Å²) < 4.78 is 61.3. The number of hydrogen-bond donors (Lipinski definition) is 2. The molecular weight excluding hydrogens is 406 g/mol. The minimum absolute atomic E-state index is 0.115. The van der Waals surface area contributed by atoms with Gasteiger partial charge in [0.2, 0.25) is 0 Å². The molecule has 0 unspecified atom stereocenters. The van der Waals surface area contributed by atoms with Crippen molar-refractivity contribution in [1.82, 2.24) is 5.32 Å². The van der Waals surface area contributed by atoms with Crippen molar-refractivity contribution in [1.29, 1.82) is 0 Å². The highest BCUT2D eigenvalue weighted by molar-refractivity contribution is 7.99. The van der Waals surface area contributed by atoms with Gasteiger partial charge in [0.15, 0.2) is 0 Å². The normalized spacial score (nSPS) is 16.4. The van der Waals surface area contributed by atoms with E-state index in [1.165, 1.54) is 25.0 Å². The van der Waals surface area contributed by atoms with Gasteiger partial charge in [-0.15, -0.1) is 0 Å². The number of thioether (sulfide) groups is 1. The molecule has 1 saturated carbocycles. The van der Waals surface area contributed by atoms with Crippen LogP contribution >= 0.6 is 11.8 Å². The highest BCUT2D eigenvalue weighted by Gasteiger charge is 2.44. The van der Waals surface area contributed by atoms with Gasteiger partial charge >= 0.3 is 6.11 Å². The maximum atomic E-state index is 15.1. The van der Waals surface area contributed by atoms with Crippen LogP contribution in [0, 0.1) is 17.6 Å². The van der Waals surface area contributed by atoms with Crippen LogP contribution in [0.15, 0.2) is 48.5 Å². The van der Waals surface area contributed by atoms with Crippen molar-refractivity contribution in [3.63, 3.8) is 0 Å². The first-order valence-corrected chi connectivity index (χ1v) is 10.6. The van der Waals surface area contributed by atoms with Gasteiger partial charge in [0.05, 0.1) is 6.61 Å². The Labute approximate surface area is 171 Å². The number of alkyl halides is 2. The summed E-state index contributed by atoms with van der Waals surface area (Å²) in [5.74, 6) is 0.750. The summed E-state index contributed by atoms with van der Waals surface area (Å²) in [4.78, 5) is 0. The molecule has 0 radical (unpaired) electrons. The van der Waals surface area contributed by atoms with Crippen LogP contribution in [0.1, 0.15) is 24.4 Å². The van der Waals surface area contributed by atoms with E-state index in [0.29, 0.717) is 11.7 Å². The Hall–Kier alpha value is -1.77. The SMILES string of the molecule is OC[C@H](CSCC1CC1)N[C@@H](c1ccc(F)cc1)C(F)(F)Oc1ccc(F)cc1. The van der Waals surface area contributed by atoms with Crippen LogP contribution in [0.25, 0.3) is 0 Å². The molecular formula is C21H23F4NO2S. The number of hydrogen-bond acceptors (Lipinski definition) is 4. The van der Waals surface area contributed by atoms with Gasteiger partial charge in [0.1, 0.15) is 23.4 Å². The smallest absolute Gasteiger partial charge is 0.417 e. The largest absolute Gasteiger partial charge is 0.431 e. The molecule has 2 atom stereocenters. The number of nitrogens with one attached hydrogen (secondary N) is 1. The Morgan fingerprint density at radius 2 is 1.62 bits per heavy atom. The summed E-state index contributed by atoms with van der Waals surface area (Å²) in [6.45, 7) is -0.331. The van der Waals surface area contributed by atoms with Crippen molar-refractivity contribution in [2.75, 3.05) is 18.1 Å². The van der Waals surface area contributed by atoms with E-state index in [1.807, 2.05) is 0 Å². The molecule has 1 fully saturated rings. The second-order valence-electron chi connectivity index (χ2n) is 7.13. The minimum Gasteiger partial charge on any atom is -0.431 e. The number of halogens is 4. The second-order valence-corrected chi connectivity index (χ2v) is 8.20. The molecule has 0 aromatic heterocycles. The zero-order valence-corrected chi connectivity index (χ0v) is 16.5. The summed E-state index contributed by atoms with van der Waals surface area (Å²) >= 11 is 1.60. The van der Waals surface area contributed by atoms with Crippen LogP contribution in [0.3, 0.4) is 0 Å². The molecule has 0 amide bonds. The van der Waals surface area contributed by atoms with Crippen molar-refractivity contribution in [3.8, 4) is 5.75 Å². The van der Waals surface area contributed by atoms with Gasteiger partial charge in [-0.1, -0.05) is 12.1 Å². The van der Waals surface area contributed by atoms with Crippen molar-refractivity contribution < 1.29 is 27.4 Å². The molecule has 8 heteroatoms. The van der Waals surface area contributed by atoms with E-state index >= 15 is 8.78 Å². The van der Waals surface area contributed by atoms with E-state index in [0.717, 1.165) is 42.2 Å². The molecule has 1 aliphatic carbocycles. The van der Waals surface area contributed by atoms with Crippen LogP contribution < -0.4 is 10.1 Å². The summed E-state index contributed by atoms with van der Waals surface area (Å²) in [5, 5.41) is 12.4. The quantitative estimate of drug-likeness (QED) is 0.505. The zero-order valence-electron chi connectivity index (χ0n) is 15.7. The molecule has 3 nitrogen and oxygen atoms in total. The van der Waals surface area contributed by atoms with Crippen LogP contribution in [0.5, 0.6) is 5.75 Å². The molecule has 158 valence electrons. The van der Waals surface area contributed by atoms with Gasteiger partial charge in [-0.25, -0.2) is 8.78 Å². The zero-order chi connectivity index (χ0) is 20.9. The Kier molecular flexibility index (Phi) is 7.43. The fourth-order valence-electron chi connectivity index (χ4n) is 2.81. The van der Waals surface area contributed by atoms with Gasteiger partial charge < -0.3 is 9.84 Å². The van der Waals surface area contributed by atoms with Crippen LogP contribution in [-0.2, 0) is 0 Å². The molecule has 0 spiro atoms. The molecule has 29 heavy (non-hydrogen) atoms. The third kappa shape index (κ3) is 6.62. The first-order chi connectivity index (χ1) is 13.9. The first-order valence-electron chi connectivity index (χ1n) is 9.40. The van der Waals surface area contributed by atoms with Gasteiger partial charge in [0.25, 0.3) is 0 Å². The fraction of sp³-hybridized carbons (Fsp3) is 0.429. The number of rotatable bonds is 11. The molecule has 0 heterocycles. The lowest BCUT2D eigenvalue weighted by Crippen LogP contribution is -2.48. The standard InChI is InChI=1S/C21H23F4NO2S/c22-16-5-3-15(4-6-16)20(26-18(11-27)13-29-12-14-1-2-14)21(24,25)28-19-9-7-17(23)8-10-19/h3-10,14,18,20,26-27H,1-2,11-13H2/t18-,20+/m1/s1. The molecule has 3 rings (SSSR count). The Morgan fingerprint density at radius 1 is 1.03 bits per heavy atom. The molecule has 0 aliphatic heterocycles. The molecule has 1 aliphatic rings. The maximum Gasteiger partial charge on any atom is 0.417 e. The van der Waals surface area contributed by atoms with E-state index in [9.17, 15) is 13.9 Å². The monoisotopic (exact) mass is 429 g/mol. The molecule has 2 aromatic rings. The van der Waals surface area contributed by atoms with E-state index in [-0.39, 0.29) is 17.9 Å². The van der Waals surface area contributed by atoms with Gasteiger partial charge in [-0.05, 0) is 66.5 Å². The number of benzene rings is 2. The van der Waals surface area contributed by atoms with E-state index in [4.69, 9.17) is 4.74 Å². The number of aliphatic hydroxyl groups excluding tert-OH is 1. The lowest BCUT2D eigenvalue weighted by Gasteiger charge is -2.31. The van der Waals surface area contributed by atoms with E-state index in [2.05, 4.69) is 5.32 Å². The van der Waals surface area contributed by atoms with Crippen LogP contribution in [0.4, 0.5) is 17.6 Å². The minimum atomic E-state index is -3.73. The summed E-state index contributed by atoms with van der Waals surface area (Å²) in [6.07, 6.45) is -1.36. The lowest BCUT2D eigenvalue weighted by atomic mass is 10.0. The molecule has 2 N–H and O–H groups in total. The highest BCUT2D eigenvalue weighted by atomic mass is 32.2. The average Bonchev–Trinajstić information content (AvgIpc) is 3.51. The van der Waals surface area contributed by atoms with Crippen molar-refractivity contribution in [2.45, 2.75) is 31.0 Å². The molecule has 2 aromatic carbocycles. The Bertz CT molecular complexity index is 769. The van der Waals surface area contributed by atoms with Crippen LogP contribution in [0.2, 0.25) is 0 Å². The third-order valence-electron chi connectivity index (χ3n) is 4.60. The fourth-order valence-corrected chi connectivity index (χ4v) is 4.10. The van der Waals surface area contributed by atoms with Gasteiger partial charge in [0, 0.05) is 11.8 Å². The topological polar surface area (TPSA) is 41.5 Å². The summed E-state index contributed by atoms with van der Waals surface area (Å²) in [6, 6.07) is 6.72. The highest BCUT2D eigenvalue weighted by Crippen LogP contribution is 2.36. The Balaban J connectivity index is 1.76. The van der Waals surface area contributed by atoms with Crippen molar-refractivity contribution in [3.05, 3.63) is 65.7 Å². The van der Waals surface area contributed by atoms with Gasteiger partial charge in [-0.2, -0.15) is 20.5 Å². The van der Waals surface area contributed by atoms with Crippen molar-refractivity contribution >= 4 is 11.8 Å². The average molecular weight is 429 g/mol. The molecule has 0 saturated heterocycles. The van der Waals surface area contributed by atoms with E-state index in [1.54, 1.807) is 11.8 Å². The summed E-state index contributed by atoms with van der Waals surface area (Å²) in [7, 11) is 0. The Morgan fingerprint density at radius 3 is 2.17 bits per heavy atom. The second kappa shape index (κ2) is 9.82. The third-order valence-corrected chi connectivity index (χ3v) is 5.94. The predicted octanol–water partition coefficient (Wildman–Crippen LogP) is 4.77. The maximum absolute atomic E-state index is 15.1. The van der Waals surface area contributed by atoms with Crippen molar-refractivity contribution in [2.24, 2.45) is 5.92 Å².